The Hall–Kier alpha value is -3.51. The van der Waals surface area contributed by atoms with Crippen LogP contribution in [0.3, 0.4) is 0 Å². The quantitative estimate of drug-likeness (QED) is 0.362. The van der Waals surface area contributed by atoms with Crippen molar-refractivity contribution in [3.63, 3.8) is 0 Å². The summed E-state index contributed by atoms with van der Waals surface area (Å²) < 4.78 is 16.7. The van der Waals surface area contributed by atoms with Crippen molar-refractivity contribution in [2.45, 2.75) is 31.6 Å². The minimum absolute atomic E-state index is 0.0694. The monoisotopic (exact) mass is 480 g/mol. The van der Waals surface area contributed by atoms with E-state index in [0.717, 1.165) is 24.2 Å². The van der Waals surface area contributed by atoms with Gasteiger partial charge in [-0.25, -0.2) is 0 Å². The molecule has 1 heterocycles. The fourth-order valence-corrected chi connectivity index (χ4v) is 4.16. The molecule has 0 spiro atoms. The largest absolute Gasteiger partial charge is 0.497 e. The van der Waals surface area contributed by atoms with Gasteiger partial charge in [-0.3, -0.25) is 9.59 Å². The molecule has 0 saturated carbocycles. The standard InChI is InChI=1S/C27H25ClO6/c1-32-19-9-5-17(6-10-19)3-2-4-24(29)18-7-11-20(12-8-18)34-26-16-25-22(15-23(26)28)21(27(30)31)13-14-33-25/h5-12,15-16,21H,2-4,13-14H2,1H3,(H,30,31). The van der Waals surface area contributed by atoms with E-state index < -0.39 is 11.9 Å². The second-order valence-corrected chi connectivity index (χ2v) is 8.51. The molecule has 4 rings (SSSR count). The van der Waals surface area contributed by atoms with Crippen LogP contribution in [0.1, 0.15) is 46.7 Å². The lowest BCUT2D eigenvalue weighted by Crippen LogP contribution is -2.20. The lowest BCUT2D eigenvalue weighted by atomic mass is 9.93. The number of ketones is 1. The van der Waals surface area contributed by atoms with Crippen LogP contribution in [-0.4, -0.2) is 30.6 Å². The molecule has 0 aliphatic carbocycles. The van der Waals surface area contributed by atoms with Crippen molar-refractivity contribution in [2.75, 3.05) is 13.7 Å². The molecule has 34 heavy (non-hydrogen) atoms. The molecule has 7 heteroatoms. The van der Waals surface area contributed by atoms with Gasteiger partial charge in [0.15, 0.2) is 5.78 Å². The zero-order chi connectivity index (χ0) is 24.1. The zero-order valence-corrected chi connectivity index (χ0v) is 19.5. The number of ether oxygens (including phenoxy) is 3. The van der Waals surface area contributed by atoms with Crippen LogP contribution in [0, 0.1) is 0 Å². The zero-order valence-electron chi connectivity index (χ0n) is 18.8. The number of hydrogen-bond acceptors (Lipinski definition) is 5. The molecular formula is C27H25ClO6. The van der Waals surface area contributed by atoms with Crippen molar-refractivity contribution in [1.82, 2.24) is 0 Å². The average molecular weight is 481 g/mol. The van der Waals surface area contributed by atoms with Gasteiger partial charge >= 0.3 is 5.97 Å². The summed E-state index contributed by atoms with van der Waals surface area (Å²) in [6.45, 7) is 0.320. The molecule has 0 fully saturated rings. The number of aliphatic carboxylic acids is 1. The van der Waals surface area contributed by atoms with E-state index in [4.69, 9.17) is 25.8 Å². The van der Waals surface area contributed by atoms with Crippen LogP contribution in [0.15, 0.2) is 60.7 Å². The first-order chi connectivity index (χ1) is 16.4. The van der Waals surface area contributed by atoms with Gasteiger partial charge in [0, 0.05) is 23.6 Å². The molecule has 3 aromatic carbocycles. The van der Waals surface area contributed by atoms with E-state index in [1.54, 1.807) is 43.5 Å². The Balaban J connectivity index is 1.36. The van der Waals surface area contributed by atoms with Gasteiger partial charge in [-0.1, -0.05) is 23.7 Å². The predicted molar refractivity (Wildman–Crippen MR) is 129 cm³/mol. The van der Waals surface area contributed by atoms with Crippen LogP contribution >= 0.6 is 11.6 Å². The summed E-state index contributed by atoms with van der Waals surface area (Å²) in [5.74, 6) is 0.675. The number of methoxy groups -OCH3 is 1. The second-order valence-electron chi connectivity index (χ2n) is 8.10. The topological polar surface area (TPSA) is 82.1 Å². The summed E-state index contributed by atoms with van der Waals surface area (Å²) in [6.07, 6.45) is 2.42. The Morgan fingerprint density at radius 1 is 1.06 bits per heavy atom. The number of Topliss-reactive ketones (excluding diaryl/α,β-unsaturated/α-hetero) is 1. The Kier molecular flexibility index (Phi) is 7.38. The smallest absolute Gasteiger partial charge is 0.311 e. The minimum atomic E-state index is -0.904. The first kappa shape index (κ1) is 23.6. The van der Waals surface area contributed by atoms with Gasteiger partial charge in [0.2, 0.25) is 0 Å². The van der Waals surface area contributed by atoms with E-state index in [2.05, 4.69) is 0 Å². The number of carboxylic acid groups (broad SMARTS) is 1. The third-order valence-corrected chi connectivity index (χ3v) is 6.13. The summed E-state index contributed by atoms with van der Waals surface area (Å²) in [6, 6.07) is 17.9. The summed E-state index contributed by atoms with van der Waals surface area (Å²) in [7, 11) is 1.64. The average Bonchev–Trinajstić information content (AvgIpc) is 2.85. The van der Waals surface area contributed by atoms with Crippen molar-refractivity contribution >= 4 is 23.4 Å². The third kappa shape index (κ3) is 5.51. The molecule has 0 amide bonds. The molecule has 1 unspecified atom stereocenters. The van der Waals surface area contributed by atoms with E-state index in [-0.39, 0.29) is 5.78 Å². The SMILES string of the molecule is COc1ccc(CCCC(=O)c2ccc(Oc3cc4c(cc3Cl)C(C(=O)O)CCO4)cc2)cc1. The fourth-order valence-electron chi connectivity index (χ4n) is 3.95. The molecule has 0 aromatic heterocycles. The van der Waals surface area contributed by atoms with Gasteiger partial charge in [0.05, 0.1) is 24.7 Å². The molecule has 0 radical (unpaired) electrons. The Morgan fingerprint density at radius 3 is 2.44 bits per heavy atom. The van der Waals surface area contributed by atoms with E-state index in [0.29, 0.717) is 52.8 Å². The fraction of sp³-hybridized carbons (Fsp3) is 0.259. The van der Waals surface area contributed by atoms with Gasteiger partial charge < -0.3 is 19.3 Å². The van der Waals surface area contributed by atoms with Gasteiger partial charge in [-0.15, -0.1) is 0 Å². The number of carbonyl (C=O) groups excluding carboxylic acids is 1. The molecular weight excluding hydrogens is 456 g/mol. The van der Waals surface area contributed by atoms with Gasteiger partial charge in [0.25, 0.3) is 0 Å². The first-order valence-electron chi connectivity index (χ1n) is 11.1. The molecule has 176 valence electrons. The number of fused-ring (bicyclic) bond motifs is 1. The highest BCUT2D eigenvalue weighted by molar-refractivity contribution is 6.32. The van der Waals surface area contributed by atoms with Crippen molar-refractivity contribution in [2.24, 2.45) is 0 Å². The van der Waals surface area contributed by atoms with Crippen molar-refractivity contribution in [1.29, 1.82) is 0 Å². The number of hydrogen-bond donors (Lipinski definition) is 1. The van der Waals surface area contributed by atoms with Crippen LogP contribution in [0.25, 0.3) is 0 Å². The van der Waals surface area contributed by atoms with Gasteiger partial charge in [-0.05, 0) is 67.3 Å². The van der Waals surface area contributed by atoms with Gasteiger partial charge in [0.1, 0.15) is 23.0 Å². The number of rotatable bonds is 9. The number of carbonyl (C=O) groups is 2. The number of carboxylic acids is 1. The number of aryl methyl sites for hydroxylation is 1. The van der Waals surface area contributed by atoms with E-state index in [9.17, 15) is 14.7 Å². The van der Waals surface area contributed by atoms with Crippen LogP contribution in [-0.2, 0) is 11.2 Å². The number of halogens is 1. The highest BCUT2D eigenvalue weighted by Gasteiger charge is 2.29. The Morgan fingerprint density at radius 2 is 1.76 bits per heavy atom. The van der Waals surface area contributed by atoms with Crippen LogP contribution < -0.4 is 14.2 Å². The summed E-state index contributed by atoms with van der Waals surface area (Å²) in [5, 5.41) is 9.72. The van der Waals surface area contributed by atoms with Crippen molar-refractivity contribution in [3.05, 3.63) is 82.4 Å². The summed E-state index contributed by atoms with van der Waals surface area (Å²) >= 11 is 6.35. The molecule has 1 aliphatic rings. The molecule has 0 saturated heterocycles. The van der Waals surface area contributed by atoms with Crippen LogP contribution in [0.4, 0.5) is 0 Å². The van der Waals surface area contributed by atoms with Gasteiger partial charge in [-0.2, -0.15) is 0 Å². The van der Waals surface area contributed by atoms with Crippen LogP contribution in [0.5, 0.6) is 23.0 Å². The molecule has 0 bridgehead atoms. The summed E-state index contributed by atoms with van der Waals surface area (Å²) in [5.41, 5.74) is 2.33. The van der Waals surface area contributed by atoms with Crippen molar-refractivity contribution < 1.29 is 28.9 Å². The normalized spacial score (nSPS) is 14.6. The van der Waals surface area contributed by atoms with Crippen molar-refractivity contribution in [3.8, 4) is 23.0 Å². The lowest BCUT2D eigenvalue weighted by molar-refractivity contribution is -0.139. The maximum absolute atomic E-state index is 12.6. The van der Waals surface area contributed by atoms with E-state index in [1.165, 1.54) is 0 Å². The highest BCUT2D eigenvalue weighted by atomic mass is 35.5. The molecule has 1 N–H and O–H groups in total. The predicted octanol–water partition coefficient (Wildman–Crippen LogP) is 6.30. The van der Waals surface area contributed by atoms with E-state index >= 15 is 0 Å². The molecule has 1 aliphatic heterocycles. The third-order valence-electron chi connectivity index (χ3n) is 5.83. The molecule has 1 atom stereocenters. The molecule has 3 aromatic rings. The Labute approximate surface area is 203 Å². The van der Waals surface area contributed by atoms with Crippen LogP contribution in [0.2, 0.25) is 5.02 Å². The second kappa shape index (κ2) is 10.6. The highest BCUT2D eigenvalue weighted by Crippen LogP contribution is 2.41. The maximum Gasteiger partial charge on any atom is 0.311 e. The maximum atomic E-state index is 12.6. The Bertz CT molecular complexity index is 1170. The minimum Gasteiger partial charge on any atom is -0.497 e. The number of benzene rings is 3. The molecule has 6 nitrogen and oxygen atoms in total. The first-order valence-corrected chi connectivity index (χ1v) is 11.5. The van der Waals surface area contributed by atoms with E-state index in [1.807, 2.05) is 24.3 Å². The lowest BCUT2D eigenvalue weighted by Gasteiger charge is -2.24. The summed E-state index contributed by atoms with van der Waals surface area (Å²) in [4.78, 5) is 24.0.